The van der Waals surface area contributed by atoms with E-state index in [0.29, 0.717) is 46.3 Å². The zero-order chi connectivity index (χ0) is 23.7. The van der Waals surface area contributed by atoms with Crippen LogP contribution in [-0.2, 0) is 7.05 Å². The summed E-state index contributed by atoms with van der Waals surface area (Å²) in [6.07, 6.45) is 0.806. The third-order valence-corrected chi connectivity index (χ3v) is 6.97. The molecular formula is C24H27Cl2N5O2. The lowest BCUT2D eigenvalue weighted by Gasteiger charge is -2.43. The Morgan fingerprint density at radius 1 is 1.18 bits per heavy atom. The van der Waals surface area contributed by atoms with Crippen molar-refractivity contribution in [3.63, 3.8) is 0 Å². The van der Waals surface area contributed by atoms with Crippen LogP contribution in [0.1, 0.15) is 32.1 Å². The smallest absolute Gasteiger partial charge is 0.319 e. The molecule has 3 aromatic rings. The molecule has 2 heterocycles. The van der Waals surface area contributed by atoms with Crippen molar-refractivity contribution in [2.75, 3.05) is 25.0 Å². The van der Waals surface area contributed by atoms with Crippen molar-refractivity contribution < 1.29 is 4.79 Å². The summed E-state index contributed by atoms with van der Waals surface area (Å²) >= 11 is 12.0. The number of halogens is 2. The van der Waals surface area contributed by atoms with Crippen LogP contribution >= 0.6 is 23.2 Å². The molecule has 0 aliphatic carbocycles. The van der Waals surface area contributed by atoms with Crippen LogP contribution in [-0.4, -0.2) is 51.1 Å². The fraction of sp³-hybridized carbons (Fsp3) is 0.375. The highest BCUT2D eigenvalue weighted by atomic mass is 35.5. The molecule has 2 unspecified atom stereocenters. The first-order valence-corrected chi connectivity index (χ1v) is 11.8. The minimum Gasteiger partial charge on any atom is -0.319 e. The average molecular weight is 488 g/mol. The molecule has 33 heavy (non-hydrogen) atoms. The molecule has 0 radical (unpaired) electrons. The summed E-state index contributed by atoms with van der Waals surface area (Å²) in [7, 11) is 1.78. The summed E-state index contributed by atoms with van der Waals surface area (Å²) in [4.78, 5) is 34.8. The van der Waals surface area contributed by atoms with E-state index in [9.17, 15) is 9.59 Å². The lowest BCUT2D eigenvalue weighted by atomic mass is 10.1. The predicted molar refractivity (Wildman–Crippen MR) is 133 cm³/mol. The van der Waals surface area contributed by atoms with Crippen LogP contribution in [0.15, 0.2) is 47.3 Å². The van der Waals surface area contributed by atoms with Gasteiger partial charge in [0.05, 0.1) is 27.0 Å². The van der Waals surface area contributed by atoms with Crippen LogP contribution in [0.3, 0.4) is 0 Å². The van der Waals surface area contributed by atoms with Gasteiger partial charge in [-0.3, -0.25) is 14.3 Å². The summed E-state index contributed by atoms with van der Waals surface area (Å²) in [5.74, 6) is 0.752. The van der Waals surface area contributed by atoms with E-state index in [4.69, 9.17) is 28.2 Å². The summed E-state index contributed by atoms with van der Waals surface area (Å²) in [6.45, 7) is 6.04. The number of para-hydroxylation sites is 1. The molecule has 0 saturated carbocycles. The first kappa shape index (κ1) is 23.5. The van der Waals surface area contributed by atoms with Gasteiger partial charge in [0.2, 0.25) is 0 Å². The number of fused-ring (bicyclic) bond motifs is 1. The number of amides is 2. The van der Waals surface area contributed by atoms with Crippen molar-refractivity contribution in [3.8, 4) is 0 Å². The van der Waals surface area contributed by atoms with Crippen molar-refractivity contribution in [3.05, 3.63) is 68.7 Å². The number of carbonyl (C=O) groups is 1. The minimum absolute atomic E-state index is 0.0185. The van der Waals surface area contributed by atoms with Crippen LogP contribution in [0.2, 0.25) is 10.0 Å². The number of aromatic nitrogens is 2. The molecule has 0 spiro atoms. The second kappa shape index (κ2) is 9.71. The first-order chi connectivity index (χ1) is 15.8. The Hall–Kier alpha value is -2.61. The molecule has 2 amide bonds. The molecule has 9 heteroatoms. The van der Waals surface area contributed by atoms with Gasteiger partial charge in [0.1, 0.15) is 5.82 Å². The highest BCUT2D eigenvalue weighted by Gasteiger charge is 2.32. The monoisotopic (exact) mass is 487 g/mol. The van der Waals surface area contributed by atoms with Crippen molar-refractivity contribution >= 4 is 45.8 Å². The van der Waals surface area contributed by atoms with Crippen molar-refractivity contribution in [1.82, 2.24) is 19.4 Å². The first-order valence-electron chi connectivity index (χ1n) is 11.0. The van der Waals surface area contributed by atoms with Crippen LogP contribution in [0.4, 0.5) is 10.5 Å². The number of nitrogens with zero attached hydrogens (tertiary/aromatic N) is 4. The van der Waals surface area contributed by atoms with E-state index in [1.54, 1.807) is 29.8 Å². The van der Waals surface area contributed by atoms with Gasteiger partial charge < -0.3 is 10.2 Å². The van der Waals surface area contributed by atoms with Gasteiger partial charge in [0, 0.05) is 38.4 Å². The predicted octanol–water partition coefficient (Wildman–Crippen LogP) is 4.93. The standard InChI is InChI=1S/C24H27Cl2N5O2/c1-4-21(22-28-20-8-6-5-7-17(20)23(32)29(22)3)30-11-12-31(15(2)14-30)24(33)27-16-9-10-18(25)19(26)13-16/h5-10,13,15,21H,4,11-12,14H2,1-3H3,(H,27,33). The maximum atomic E-state index is 12.9. The number of rotatable bonds is 4. The number of carbonyl (C=O) groups excluding carboxylic acids is 1. The Morgan fingerprint density at radius 2 is 1.94 bits per heavy atom. The van der Waals surface area contributed by atoms with E-state index < -0.39 is 0 Å². The Morgan fingerprint density at radius 3 is 2.64 bits per heavy atom. The molecule has 1 aliphatic heterocycles. The molecule has 1 aliphatic rings. The van der Waals surface area contributed by atoms with E-state index >= 15 is 0 Å². The molecule has 2 atom stereocenters. The normalized spacial score (nSPS) is 17.8. The Balaban J connectivity index is 1.51. The molecule has 1 aromatic heterocycles. The highest BCUT2D eigenvalue weighted by molar-refractivity contribution is 6.42. The van der Waals surface area contributed by atoms with Crippen LogP contribution < -0.4 is 10.9 Å². The molecule has 2 aromatic carbocycles. The third-order valence-electron chi connectivity index (χ3n) is 6.23. The molecule has 1 saturated heterocycles. The largest absolute Gasteiger partial charge is 0.322 e. The quantitative estimate of drug-likeness (QED) is 0.566. The van der Waals surface area contributed by atoms with Crippen molar-refractivity contribution in [1.29, 1.82) is 0 Å². The summed E-state index contributed by atoms with van der Waals surface area (Å²) in [6, 6.07) is 12.2. The molecule has 7 nitrogen and oxygen atoms in total. The maximum absolute atomic E-state index is 12.9. The topological polar surface area (TPSA) is 70.5 Å². The van der Waals surface area contributed by atoms with Gasteiger partial charge in [-0.1, -0.05) is 42.3 Å². The molecule has 1 N–H and O–H groups in total. The lowest BCUT2D eigenvalue weighted by molar-refractivity contribution is 0.0721. The van der Waals surface area contributed by atoms with Gasteiger partial charge >= 0.3 is 6.03 Å². The van der Waals surface area contributed by atoms with Crippen LogP contribution in [0.5, 0.6) is 0 Å². The lowest BCUT2D eigenvalue weighted by Crippen LogP contribution is -2.56. The second-order valence-corrected chi connectivity index (χ2v) is 9.19. The number of anilines is 1. The summed E-state index contributed by atoms with van der Waals surface area (Å²) in [5, 5.41) is 4.36. The fourth-order valence-electron chi connectivity index (χ4n) is 4.48. The van der Waals surface area contributed by atoms with Gasteiger partial charge in [-0.25, -0.2) is 9.78 Å². The van der Waals surface area contributed by atoms with Gasteiger partial charge in [-0.15, -0.1) is 0 Å². The van der Waals surface area contributed by atoms with E-state index in [2.05, 4.69) is 17.1 Å². The molecule has 4 rings (SSSR count). The molecular weight excluding hydrogens is 461 g/mol. The van der Waals surface area contributed by atoms with E-state index in [1.165, 1.54) is 0 Å². The number of nitrogens with one attached hydrogen (secondary N) is 1. The Bertz CT molecular complexity index is 1250. The van der Waals surface area contributed by atoms with Crippen LogP contribution in [0, 0.1) is 0 Å². The third kappa shape index (κ3) is 4.71. The fourth-order valence-corrected chi connectivity index (χ4v) is 4.78. The second-order valence-electron chi connectivity index (χ2n) is 8.37. The highest BCUT2D eigenvalue weighted by Crippen LogP contribution is 2.28. The zero-order valence-corrected chi connectivity index (χ0v) is 20.4. The molecule has 1 fully saturated rings. The van der Waals surface area contributed by atoms with Gasteiger partial charge in [-0.05, 0) is 43.7 Å². The average Bonchev–Trinajstić information content (AvgIpc) is 2.80. The Labute approximate surface area is 202 Å². The Kier molecular flexibility index (Phi) is 6.93. The number of hydrogen-bond donors (Lipinski definition) is 1. The van der Waals surface area contributed by atoms with E-state index in [0.717, 1.165) is 12.2 Å². The zero-order valence-electron chi connectivity index (χ0n) is 18.9. The van der Waals surface area contributed by atoms with Crippen molar-refractivity contribution in [2.24, 2.45) is 7.05 Å². The van der Waals surface area contributed by atoms with Crippen LogP contribution in [0.25, 0.3) is 10.9 Å². The van der Waals surface area contributed by atoms with Gasteiger partial charge in [0.25, 0.3) is 5.56 Å². The number of urea groups is 1. The SMILES string of the molecule is CCC(c1nc2ccccc2c(=O)n1C)N1CCN(C(=O)Nc2ccc(Cl)c(Cl)c2)C(C)C1. The molecule has 0 bridgehead atoms. The van der Waals surface area contributed by atoms with E-state index in [1.807, 2.05) is 36.1 Å². The van der Waals surface area contributed by atoms with E-state index in [-0.39, 0.29) is 23.7 Å². The van der Waals surface area contributed by atoms with Gasteiger partial charge in [0.15, 0.2) is 0 Å². The molecule has 174 valence electrons. The summed E-state index contributed by atoms with van der Waals surface area (Å²) < 4.78 is 1.66. The minimum atomic E-state index is -0.176. The number of piperazine rings is 1. The number of benzene rings is 2. The van der Waals surface area contributed by atoms with Gasteiger partial charge in [-0.2, -0.15) is 0 Å². The number of hydrogen-bond acceptors (Lipinski definition) is 4. The maximum Gasteiger partial charge on any atom is 0.322 e. The van der Waals surface area contributed by atoms with Crippen molar-refractivity contribution in [2.45, 2.75) is 32.4 Å². The summed E-state index contributed by atoms with van der Waals surface area (Å²) in [5.41, 5.74) is 1.27.